The van der Waals surface area contributed by atoms with Crippen LogP contribution in [0.5, 0.6) is 0 Å². The highest BCUT2D eigenvalue weighted by Gasteiger charge is 2.29. The van der Waals surface area contributed by atoms with Gasteiger partial charge in [-0.3, -0.25) is 4.79 Å². The van der Waals surface area contributed by atoms with Crippen molar-refractivity contribution in [3.63, 3.8) is 0 Å². The van der Waals surface area contributed by atoms with E-state index in [0.29, 0.717) is 12.5 Å². The van der Waals surface area contributed by atoms with Gasteiger partial charge < -0.3 is 14.7 Å². The summed E-state index contributed by atoms with van der Waals surface area (Å²) in [6.07, 6.45) is 1.62. The number of likely N-dealkylation sites (N-methyl/N-ethyl adjacent to an activating group) is 1. The summed E-state index contributed by atoms with van der Waals surface area (Å²) in [5.74, 6) is 0.0944. The minimum atomic E-state index is -0.254. The molecule has 0 radical (unpaired) electrons. The number of hydrogen-bond acceptors (Lipinski definition) is 4. The predicted octanol–water partition coefficient (Wildman–Crippen LogP) is 1.65. The minimum absolute atomic E-state index is 0.126. The van der Waals surface area contributed by atoms with Gasteiger partial charge in [-0.1, -0.05) is 30.3 Å². The van der Waals surface area contributed by atoms with Crippen LogP contribution in [-0.2, 0) is 9.53 Å². The monoisotopic (exact) mass is 277 g/mol. The van der Waals surface area contributed by atoms with E-state index in [0.717, 1.165) is 24.9 Å². The molecule has 0 amide bonds. The van der Waals surface area contributed by atoms with Crippen molar-refractivity contribution in [2.75, 3.05) is 27.2 Å². The molecule has 2 rings (SSSR count). The smallest absolute Gasteiger partial charge is 0.314 e. The first kappa shape index (κ1) is 15.0. The molecule has 0 heterocycles. The normalized spacial score (nSPS) is 23.2. The van der Waals surface area contributed by atoms with Gasteiger partial charge in [-0.2, -0.15) is 0 Å². The second-order valence-corrected chi connectivity index (χ2v) is 5.70. The van der Waals surface area contributed by atoms with Gasteiger partial charge in [-0.15, -0.1) is 0 Å². The summed E-state index contributed by atoms with van der Waals surface area (Å²) in [6.45, 7) is 1.56. The molecule has 1 N–H and O–H groups in total. The quantitative estimate of drug-likeness (QED) is 0.803. The Labute approximate surface area is 120 Å². The van der Waals surface area contributed by atoms with Crippen LogP contribution in [0.15, 0.2) is 30.3 Å². The molecule has 20 heavy (non-hydrogen) atoms. The van der Waals surface area contributed by atoms with Crippen molar-refractivity contribution < 1.29 is 14.6 Å². The molecule has 0 saturated heterocycles. The number of aliphatic hydroxyl groups excluding tert-OH is 1. The molecule has 1 fully saturated rings. The number of carbonyl (C=O) groups excluding carboxylic acids is 1. The molecule has 1 atom stereocenters. The van der Waals surface area contributed by atoms with E-state index in [2.05, 4.69) is 4.90 Å². The average Bonchev–Trinajstić information content (AvgIpc) is 2.43. The Kier molecular flexibility index (Phi) is 5.15. The van der Waals surface area contributed by atoms with Crippen molar-refractivity contribution in [3.05, 3.63) is 35.9 Å². The summed E-state index contributed by atoms with van der Waals surface area (Å²) in [4.78, 5) is 14.1. The second-order valence-electron chi connectivity index (χ2n) is 5.70. The van der Waals surface area contributed by atoms with Crippen molar-refractivity contribution in [3.8, 4) is 0 Å². The Bertz CT molecular complexity index is 429. The summed E-state index contributed by atoms with van der Waals surface area (Å²) in [6, 6.07) is 9.74. The van der Waals surface area contributed by atoms with E-state index in [1.807, 2.05) is 37.4 Å². The largest absolute Gasteiger partial charge is 0.469 e. The van der Waals surface area contributed by atoms with E-state index in [4.69, 9.17) is 4.74 Å². The van der Waals surface area contributed by atoms with Crippen molar-refractivity contribution in [1.82, 2.24) is 4.90 Å². The van der Waals surface area contributed by atoms with Gasteiger partial charge in [0.25, 0.3) is 0 Å². The molecule has 1 unspecified atom stereocenters. The number of esters is 1. The fourth-order valence-electron chi connectivity index (χ4n) is 2.82. The van der Waals surface area contributed by atoms with E-state index in [9.17, 15) is 9.90 Å². The Hall–Kier alpha value is -1.39. The lowest BCUT2D eigenvalue weighted by molar-refractivity contribution is -0.143. The standard InChI is InChI=1S/C16H23NO3/c1-17(10-12-8-14(18)9-12)11-15(16(19)20-2)13-6-4-3-5-7-13/h3-7,12,14-15,18H,8-11H2,1-2H3. The first-order chi connectivity index (χ1) is 9.60. The van der Waals surface area contributed by atoms with Crippen molar-refractivity contribution in [2.45, 2.75) is 24.9 Å². The average molecular weight is 277 g/mol. The minimum Gasteiger partial charge on any atom is -0.469 e. The molecule has 4 nitrogen and oxygen atoms in total. The summed E-state index contributed by atoms with van der Waals surface area (Å²) in [5.41, 5.74) is 0.986. The lowest BCUT2D eigenvalue weighted by atomic mass is 9.82. The third-order valence-corrected chi connectivity index (χ3v) is 3.96. The summed E-state index contributed by atoms with van der Waals surface area (Å²) in [7, 11) is 3.45. The van der Waals surface area contributed by atoms with Gasteiger partial charge in [0, 0.05) is 13.1 Å². The number of ether oxygens (including phenoxy) is 1. The highest BCUT2D eigenvalue weighted by Crippen LogP contribution is 2.28. The summed E-state index contributed by atoms with van der Waals surface area (Å²) >= 11 is 0. The zero-order chi connectivity index (χ0) is 14.5. The fourth-order valence-corrected chi connectivity index (χ4v) is 2.82. The zero-order valence-corrected chi connectivity index (χ0v) is 12.2. The summed E-state index contributed by atoms with van der Waals surface area (Å²) < 4.78 is 4.92. The lowest BCUT2D eigenvalue weighted by Crippen LogP contribution is -2.39. The van der Waals surface area contributed by atoms with Crippen LogP contribution >= 0.6 is 0 Å². The number of benzene rings is 1. The number of aliphatic hydroxyl groups is 1. The number of hydrogen-bond donors (Lipinski definition) is 1. The van der Waals surface area contributed by atoms with Crippen LogP contribution in [0.1, 0.15) is 24.3 Å². The molecule has 1 aromatic rings. The zero-order valence-electron chi connectivity index (χ0n) is 12.2. The van der Waals surface area contributed by atoms with E-state index in [1.54, 1.807) is 0 Å². The Balaban J connectivity index is 1.95. The first-order valence-electron chi connectivity index (χ1n) is 7.09. The van der Waals surface area contributed by atoms with E-state index >= 15 is 0 Å². The fraction of sp³-hybridized carbons (Fsp3) is 0.562. The molecular weight excluding hydrogens is 254 g/mol. The predicted molar refractivity (Wildman–Crippen MR) is 77.4 cm³/mol. The molecule has 0 aliphatic heterocycles. The number of carbonyl (C=O) groups is 1. The third kappa shape index (κ3) is 3.81. The van der Waals surface area contributed by atoms with Crippen LogP contribution in [0.25, 0.3) is 0 Å². The molecule has 1 saturated carbocycles. The molecule has 4 heteroatoms. The Morgan fingerprint density at radius 2 is 2.05 bits per heavy atom. The number of nitrogens with zero attached hydrogens (tertiary/aromatic N) is 1. The SMILES string of the molecule is COC(=O)C(CN(C)CC1CC(O)C1)c1ccccc1. The van der Waals surface area contributed by atoms with Crippen LogP contribution in [-0.4, -0.2) is 49.3 Å². The maximum absolute atomic E-state index is 12.0. The first-order valence-corrected chi connectivity index (χ1v) is 7.09. The van der Waals surface area contributed by atoms with Gasteiger partial charge in [0.05, 0.1) is 19.1 Å². The number of methoxy groups -OCH3 is 1. The molecule has 0 spiro atoms. The van der Waals surface area contributed by atoms with Crippen LogP contribution in [0.3, 0.4) is 0 Å². The molecule has 1 aliphatic carbocycles. The van der Waals surface area contributed by atoms with Crippen molar-refractivity contribution >= 4 is 5.97 Å². The lowest BCUT2D eigenvalue weighted by Gasteiger charge is -2.35. The van der Waals surface area contributed by atoms with Crippen molar-refractivity contribution in [2.24, 2.45) is 5.92 Å². The maximum atomic E-state index is 12.0. The topological polar surface area (TPSA) is 49.8 Å². The molecule has 110 valence electrons. The van der Waals surface area contributed by atoms with Gasteiger partial charge in [0.2, 0.25) is 0 Å². The molecule has 1 aromatic carbocycles. The maximum Gasteiger partial charge on any atom is 0.314 e. The highest BCUT2D eigenvalue weighted by atomic mass is 16.5. The highest BCUT2D eigenvalue weighted by molar-refractivity contribution is 5.78. The van der Waals surface area contributed by atoms with E-state index < -0.39 is 0 Å². The van der Waals surface area contributed by atoms with Crippen LogP contribution < -0.4 is 0 Å². The van der Waals surface area contributed by atoms with Gasteiger partial charge in [-0.25, -0.2) is 0 Å². The van der Waals surface area contributed by atoms with Crippen molar-refractivity contribution in [1.29, 1.82) is 0 Å². The van der Waals surface area contributed by atoms with Crippen LogP contribution in [0.4, 0.5) is 0 Å². The van der Waals surface area contributed by atoms with Gasteiger partial charge in [0.15, 0.2) is 0 Å². The Morgan fingerprint density at radius 3 is 2.60 bits per heavy atom. The Morgan fingerprint density at radius 1 is 1.40 bits per heavy atom. The van der Waals surface area contributed by atoms with Crippen LogP contribution in [0, 0.1) is 5.92 Å². The van der Waals surface area contributed by atoms with E-state index in [-0.39, 0.29) is 18.0 Å². The molecule has 1 aliphatic rings. The number of rotatable bonds is 6. The molecule has 0 aromatic heterocycles. The van der Waals surface area contributed by atoms with Gasteiger partial charge >= 0.3 is 5.97 Å². The van der Waals surface area contributed by atoms with Gasteiger partial charge in [0.1, 0.15) is 0 Å². The van der Waals surface area contributed by atoms with Crippen LogP contribution in [0.2, 0.25) is 0 Å². The molecular formula is C16H23NO3. The second kappa shape index (κ2) is 6.86. The third-order valence-electron chi connectivity index (χ3n) is 3.96. The van der Waals surface area contributed by atoms with Gasteiger partial charge in [-0.05, 0) is 31.4 Å². The van der Waals surface area contributed by atoms with E-state index in [1.165, 1.54) is 7.11 Å². The summed E-state index contributed by atoms with van der Waals surface area (Å²) in [5, 5.41) is 9.32. The molecule has 0 bridgehead atoms.